The fraction of sp³-hybridized carbons (Fsp3) is 0.188. The van der Waals surface area contributed by atoms with Crippen LogP contribution in [-0.2, 0) is 6.54 Å². The van der Waals surface area contributed by atoms with Gasteiger partial charge in [-0.2, -0.15) is 0 Å². The molecule has 26 heavy (non-hydrogen) atoms. The van der Waals surface area contributed by atoms with E-state index in [-0.39, 0.29) is 23.4 Å². The molecule has 0 bridgehead atoms. The van der Waals surface area contributed by atoms with Gasteiger partial charge in [0.15, 0.2) is 0 Å². The molecular weight excluding hydrogens is 358 g/mol. The number of nitrogens with zero attached hydrogens (tertiary/aromatic N) is 3. The number of H-pyrrole nitrogens is 1. The topological polar surface area (TPSA) is 121 Å². The molecule has 0 radical (unpaired) electrons. The smallest absolute Gasteiger partial charge is 0.293 e. The van der Waals surface area contributed by atoms with Gasteiger partial charge >= 0.3 is 0 Å². The van der Waals surface area contributed by atoms with Gasteiger partial charge in [0, 0.05) is 25.7 Å². The zero-order valence-electron chi connectivity index (χ0n) is 14.0. The molecule has 0 aliphatic heterocycles. The number of anilines is 1. The van der Waals surface area contributed by atoms with Crippen LogP contribution in [0.5, 0.6) is 0 Å². The SMILES string of the molecule is CNC(=O)c1ccc(N(C)Cc2nc3ccsc3c(=O)[nH]2)c([N+](=O)[O-])c1. The van der Waals surface area contributed by atoms with Gasteiger partial charge in [-0.3, -0.25) is 19.7 Å². The molecule has 10 heteroatoms. The van der Waals surface area contributed by atoms with Crippen LogP contribution in [0.3, 0.4) is 0 Å². The monoisotopic (exact) mass is 373 g/mol. The molecule has 3 aromatic rings. The fourth-order valence-electron chi connectivity index (χ4n) is 2.58. The molecule has 0 unspecified atom stereocenters. The maximum atomic E-state index is 12.1. The first-order valence-electron chi connectivity index (χ1n) is 7.58. The number of carbonyl (C=O) groups excluding carboxylic acids is 1. The Bertz CT molecular complexity index is 1060. The molecule has 1 amide bonds. The average Bonchev–Trinajstić information content (AvgIpc) is 3.09. The highest BCUT2D eigenvalue weighted by atomic mass is 32.1. The van der Waals surface area contributed by atoms with Crippen LogP contribution >= 0.6 is 11.3 Å². The highest BCUT2D eigenvalue weighted by molar-refractivity contribution is 7.17. The number of nitro benzene ring substituents is 1. The third-order valence-electron chi connectivity index (χ3n) is 3.82. The number of hydrogen-bond acceptors (Lipinski definition) is 7. The third-order valence-corrected chi connectivity index (χ3v) is 4.73. The first-order valence-corrected chi connectivity index (χ1v) is 8.46. The van der Waals surface area contributed by atoms with Crippen molar-refractivity contribution in [2.45, 2.75) is 6.54 Å². The molecule has 1 aromatic carbocycles. The number of nitrogens with one attached hydrogen (secondary N) is 2. The van der Waals surface area contributed by atoms with E-state index in [1.54, 1.807) is 23.4 Å². The summed E-state index contributed by atoms with van der Waals surface area (Å²) in [5, 5.41) is 15.6. The zero-order chi connectivity index (χ0) is 18.8. The number of hydrogen-bond donors (Lipinski definition) is 2. The van der Waals surface area contributed by atoms with Crippen molar-refractivity contribution in [1.82, 2.24) is 15.3 Å². The lowest BCUT2D eigenvalue weighted by Crippen LogP contribution is -2.23. The van der Waals surface area contributed by atoms with Gasteiger partial charge in [0.05, 0.1) is 17.0 Å². The van der Waals surface area contributed by atoms with E-state index >= 15 is 0 Å². The molecule has 2 heterocycles. The summed E-state index contributed by atoms with van der Waals surface area (Å²) in [4.78, 5) is 43.3. The Labute approximate surface area is 151 Å². The number of benzene rings is 1. The normalized spacial score (nSPS) is 10.7. The number of aromatic amines is 1. The molecule has 0 spiro atoms. The van der Waals surface area contributed by atoms with Crippen molar-refractivity contribution in [3.8, 4) is 0 Å². The first-order chi connectivity index (χ1) is 12.4. The van der Waals surface area contributed by atoms with Gasteiger partial charge in [0.2, 0.25) is 0 Å². The lowest BCUT2D eigenvalue weighted by molar-refractivity contribution is -0.384. The zero-order valence-corrected chi connectivity index (χ0v) is 14.8. The van der Waals surface area contributed by atoms with Crippen LogP contribution in [0.1, 0.15) is 16.2 Å². The van der Waals surface area contributed by atoms with E-state index in [0.717, 1.165) is 0 Å². The summed E-state index contributed by atoms with van der Waals surface area (Å²) >= 11 is 1.30. The minimum Gasteiger partial charge on any atom is -0.362 e. The lowest BCUT2D eigenvalue weighted by Gasteiger charge is -2.19. The second kappa shape index (κ2) is 6.92. The maximum absolute atomic E-state index is 12.1. The Balaban J connectivity index is 1.95. The molecule has 2 N–H and O–H groups in total. The van der Waals surface area contributed by atoms with Crippen LogP contribution in [0, 0.1) is 10.1 Å². The fourth-order valence-corrected chi connectivity index (χ4v) is 3.31. The van der Waals surface area contributed by atoms with E-state index < -0.39 is 10.8 Å². The largest absolute Gasteiger partial charge is 0.362 e. The number of amides is 1. The van der Waals surface area contributed by atoms with E-state index in [0.29, 0.717) is 21.7 Å². The summed E-state index contributed by atoms with van der Waals surface area (Å²) in [6, 6.07) is 5.99. The van der Waals surface area contributed by atoms with Crippen molar-refractivity contribution < 1.29 is 9.72 Å². The molecule has 0 saturated heterocycles. The summed E-state index contributed by atoms with van der Waals surface area (Å²) in [6.07, 6.45) is 0. The number of nitro groups is 1. The molecule has 3 rings (SSSR count). The van der Waals surface area contributed by atoms with Gasteiger partial charge in [-0.05, 0) is 23.6 Å². The molecule has 134 valence electrons. The predicted octanol–water partition coefficient (Wildman–Crippen LogP) is 1.89. The van der Waals surface area contributed by atoms with Crippen molar-refractivity contribution in [2.24, 2.45) is 0 Å². The standard InChI is InChI=1S/C16H15N5O4S/c1-17-15(22)9-3-4-11(12(7-9)21(24)25)20(2)8-13-18-10-5-6-26-14(10)16(23)19-13/h3-7H,8H2,1-2H3,(H,17,22)(H,18,19,23). The van der Waals surface area contributed by atoms with E-state index in [9.17, 15) is 19.7 Å². The lowest BCUT2D eigenvalue weighted by atomic mass is 10.1. The molecule has 0 aliphatic rings. The second-order valence-corrected chi connectivity index (χ2v) is 6.46. The Morgan fingerprint density at radius 2 is 2.19 bits per heavy atom. The van der Waals surface area contributed by atoms with Crippen LogP contribution in [0.2, 0.25) is 0 Å². The maximum Gasteiger partial charge on any atom is 0.293 e. The summed E-state index contributed by atoms with van der Waals surface area (Å²) in [7, 11) is 3.11. The van der Waals surface area contributed by atoms with Crippen molar-refractivity contribution in [3.63, 3.8) is 0 Å². The van der Waals surface area contributed by atoms with Gasteiger partial charge in [-0.25, -0.2) is 4.98 Å². The molecule has 0 atom stereocenters. The minimum atomic E-state index is -0.545. The van der Waals surface area contributed by atoms with Crippen LogP contribution in [0.25, 0.3) is 10.2 Å². The van der Waals surface area contributed by atoms with Gasteiger partial charge in [0.25, 0.3) is 17.2 Å². The number of rotatable bonds is 5. The minimum absolute atomic E-state index is 0.168. The van der Waals surface area contributed by atoms with Crippen LogP contribution in [0.4, 0.5) is 11.4 Å². The van der Waals surface area contributed by atoms with Crippen molar-refractivity contribution in [1.29, 1.82) is 0 Å². The highest BCUT2D eigenvalue weighted by Gasteiger charge is 2.20. The number of thiophene rings is 1. The van der Waals surface area contributed by atoms with E-state index in [2.05, 4.69) is 15.3 Å². The van der Waals surface area contributed by atoms with Gasteiger partial charge in [-0.1, -0.05) is 0 Å². The van der Waals surface area contributed by atoms with Crippen LogP contribution < -0.4 is 15.8 Å². The third kappa shape index (κ3) is 3.26. The summed E-state index contributed by atoms with van der Waals surface area (Å²) < 4.78 is 0.539. The Morgan fingerprint density at radius 1 is 1.42 bits per heavy atom. The number of fused-ring (bicyclic) bond motifs is 1. The second-order valence-electron chi connectivity index (χ2n) is 5.54. The molecule has 2 aromatic heterocycles. The first kappa shape index (κ1) is 17.5. The molecular formula is C16H15N5O4S. The van der Waals surface area contributed by atoms with Crippen molar-refractivity contribution in [3.05, 3.63) is 61.5 Å². The Morgan fingerprint density at radius 3 is 2.88 bits per heavy atom. The van der Waals surface area contributed by atoms with Crippen molar-refractivity contribution in [2.75, 3.05) is 19.0 Å². The summed E-state index contributed by atoms with van der Waals surface area (Å²) in [6.45, 7) is 0.168. The Hall–Kier alpha value is -3.27. The van der Waals surface area contributed by atoms with E-state index in [4.69, 9.17) is 0 Å². The highest BCUT2D eigenvalue weighted by Crippen LogP contribution is 2.29. The molecule has 0 aliphatic carbocycles. The summed E-state index contributed by atoms with van der Waals surface area (Å²) in [5.41, 5.74) is 0.662. The van der Waals surface area contributed by atoms with E-state index in [1.165, 1.54) is 36.6 Å². The van der Waals surface area contributed by atoms with Gasteiger partial charge in [-0.15, -0.1) is 11.3 Å². The predicted molar refractivity (Wildman–Crippen MR) is 98.8 cm³/mol. The average molecular weight is 373 g/mol. The molecule has 0 saturated carbocycles. The van der Waals surface area contributed by atoms with E-state index in [1.807, 2.05) is 0 Å². The summed E-state index contributed by atoms with van der Waals surface area (Å²) in [5.74, 6) is -0.00992. The molecule has 0 fully saturated rings. The van der Waals surface area contributed by atoms with Crippen molar-refractivity contribution >= 4 is 38.8 Å². The number of carbonyl (C=O) groups is 1. The van der Waals surface area contributed by atoms with Crippen LogP contribution in [-0.4, -0.2) is 34.9 Å². The Kier molecular flexibility index (Phi) is 4.67. The van der Waals surface area contributed by atoms with Crippen LogP contribution in [0.15, 0.2) is 34.4 Å². The quantitative estimate of drug-likeness (QED) is 0.520. The molecule has 9 nitrogen and oxygen atoms in total. The van der Waals surface area contributed by atoms with Gasteiger partial charge < -0.3 is 15.2 Å². The van der Waals surface area contributed by atoms with Gasteiger partial charge in [0.1, 0.15) is 16.2 Å². The number of aromatic nitrogens is 2.